The van der Waals surface area contributed by atoms with Crippen LogP contribution in [0.1, 0.15) is 54.1 Å². The number of hydrogen-bond acceptors (Lipinski definition) is 6. The van der Waals surface area contributed by atoms with Crippen molar-refractivity contribution < 1.29 is 14.3 Å². The van der Waals surface area contributed by atoms with E-state index in [1.807, 2.05) is 28.6 Å². The zero-order chi connectivity index (χ0) is 25.2. The molecule has 2 aromatic heterocycles. The van der Waals surface area contributed by atoms with E-state index < -0.39 is 0 Å². The van der Waals surface area contributed by atoms with Gasteiger partial charge >= 0.3 is 0 Å². The molecule has 0 aliphatic carbocycles. The fourth-order valence-corrected chi connectivity index (χ4v) is 5.68. The van der Waals surface area contributed by atoms with Crippen molar-refractivity contribution in [2.45, 2.75) is 51.1 Å². The van der Waals surface area contributed by atoms with Crippen molar-refractivity contribution in [3.63, 3.8) is 0 Å². The Morgan fingerprint density at radius 2 is 2.03 bits per heavy atom. The quantitative estimate of drug-likeness (QED) is 0.483. The Hall–Kier alpha value is -2.75. The Balaban J connectivity index is 1.43. The van der Waals surface area contributed by atoms with Gasteiger partial charge in [-0.05, 0) is 70.3 Å². The molecule has 9 heteroatoms. The lowest BCUT2D eigenvalue weighted by Gasteiger charge is -2.25. The van der Waals surface area contributed by atoms with Gasteiger partial charge in [0.15, 0.2) is 0 Å². The Labute approximate surface area is 211 Å². The summed E-state index contributed by atoms with van der Waals surface area (Å²) >= 11 is 0. The predicted molar refractivity (Wildman–Crippen MR) is 140 cm³/mol. The molecule has 1 aromatic carbocycles. The number of likely N-dealkylation sites (tertiary alicyclic amines) is 1. The Bertz CT molecular complexity index is 1290. The highest BCUT2D eigenvalue weighted by Crippen LogP contribution is 2.30. The fraction of sp³-hybridized carbons (Fsp3) is 0.593. The maximum atomic E-state index is 13.7. The van der Waals surface area contributed by atoms with E-state index in [0.29, 0.717) is 30.2 Å². The van der Waals surface area contributed by atoms with Crippen LogP contribution in [0, 0.1) is 6.92 Å². The minimum atomic E-state index is -0.148. The lowest BCUT2D eigenvalue weighted by atomic mass is 10.0. The van der Waals surface area contributed by atoms with Crippen LogP contribution in [0.3, 0.4) is 0 Å². The first-order valence-corrected chi connectivity index (χ1v) is 13.1. The molecule has 2 aliphatic heterocycles. The number of nitrogens with one attached hydrogen (secondary N) is 1. The molecular formula is C27H37N5O4. The standard InChI is InChI=1S/C27H37N5O4/c1-18-14-24-22(25-23(26(33)29-24)16-28-32(25)19-7-12-36-13-8-19)15-21(18)27(34)31-10-6-20(17-31)30(2)9-4-5-11-35-3/h14-16,19-20H,4-13,17H2,1-3H3,(H,29,33)/t20-/m1/s1. The summed E-state index contributed by atoms with van der Waals surface area (Å²) in [4.78, 5) is 33.9. The van der Waals surface area contributed by atoms with Crippen molar-refractivity contribution >= 4 is 27.7 Å². The number of aromatic nitrogens is 3. The predicted octanol–water partition coefficient (Wildman–Crippen LogP) is 3.11. The highest BCUT2D eigenvalue weighted by molar-refractivity contribution is 6.07. The summed E-state index contributed by atoms with van der Waals surface area (Å²) in [6.07, 6.45) is 6.49. The summed E-state index contributed by atoms with van der Waals surface area (Å²) in [7, 11) is 3.89. The Morgan fingerprint density at radius 3 is 2.81 bits per heavy atom. The van der Waals surface area contributed by atoms with E-state index in [4.69, 9.17) is 9.47 Å². The second-order valence-corrected chi connectivity index (χ2v) is 10.2. The molecule has 36 heavy (non-hydrogen) atoms. The first-order valence-electron chi connectivity index (χ1n) is 13.1. The van der Waals surface area contributed by atoms with Gasteiger partial charge in [-0.3, -0.25) is 14.3 Å². The van der Waals surface area contributed by atoms with E-state index in [1.165, 1.54) is 0 Å². The maximum Gasteiger partial charge on any atom is 0.259 e. The lowest BCUT2D eigenvalue weighted by molar-refractivity contribution is 0.0675. The van der Waals surface area contributed by atoms with Crippen molar-refractivity contribution in [3.05, 3.63) is 39.8 Å². The van der Waals surface area contributed by atoms with Crippen LogP contribution in [-0.4, -0.2) is 90.1 Å². The number of aryl methyl sites for hydroxylation is 1. The first kappa shape index (κ1) is 24.9. The number of pyridine rings is 1. The average molecular weight is 496 g/mol. The molecule has 2 saturated heterocycles. The highest BCUT2D eigenvalue weighted by Gasteiger charge is 2.30. The molecule has 194 valence electrons. The summed E-state index contributed by atoms with van der Waals surface area (Å²) in [6, 6.07) is 4.45. The zero-order valence-corrected chi connectivity index (χ0v) is 21.6. The van der Waals surface area contributed by atoms with Crippen molar-refractivity contribution in [1.82, 2.24) is 24.6 Å². The fourth-order valence-electron chi connectivity index (χ4n) is 5.68. The largest absolute Gasteiger partial charge is 0.385 e. The van der Waals surface area contributed by atoms with Crippen LogP contribution in [-0.2, 0) is 9.47 Å². The van der Waals surface area contributed by atoms with Crippen molar-refractivity contribution in [3.8, 4) is 0 Å². The Kier molecular flexibility index (Phi) is 7.41. The number of methoxy groups -OCH3 is 1. The molecule has 1 amide bonds. The molecule has 3 aromatic rings. The van der Waals surface area contributed by atoms with E-state index in [0.717, 1.165) is 80.3 Å². The summed E-state index contributed by atoms with van der Waals surface area (Å²) < 4.78 is 12.7. The van der Waals surface area contributed by atoms with Crippen LogP contribution in [0.5, 0.6) is 0 Å². The molecule has 0 saturated carbocycles. The van der Waals surface area contributed by atoms with Gasteiger partial charge in [0, 0.05) is 57.0 Å². The number of benzene rings is 1. The molecular weight excluding hydrogens is 458 g/mol. The van der Waals surface area contributed by atoms with Gasteiger partial charge in [-0.1, -0.05) is 0 Å². The molecule has 0 spiro atoms. The van der Waals surface area contributed by atoms with Gasteiger partial charge in [0.05, 0.1) is 28.7 Å². The number of unbranched alkanes of at least 4 members (excludes halogenated alkanes) is 1. The van der Waals surface area contributed by atoms with E-state index in [9.17, 15) is 9.59 Å². The van der Waals surface area contributed by atoms with Crippen LogP contribution in [0.2, 0.25) is 0 Å². The summed E-state index contributed by atoms with van der Waals surface area (Å²) in [5.41, 5.74) is 2.97. The number of amides is 1. The third-order valence-corrected chi connectivity index (χ3v) is 7.86. The number of H-pyrrole nitrogens is 1. The lowest BCUT2D eigenvalue weighted by Crippen LogP contribution is -2.37. The van der Waals surface area contributed by atoms with Gasteiger partial charge in [0.25, 0.3) is 11.5 Å². The van der Waals surface area contributed by atoms with Gasteiger partial charge in [-0.2, -0.15) is 5.10 Å². The molecule has 2 fully saturated rings. The van der Waals surface area contributed by atoms with Crippen LogP contribution < -0.4 is 5.56 Å². The van der Waals surface area contributed by atoms with Gasteiger partial charge in [-0.15, -0.1) is 0 Å². The third kappa shape index (κ3) is 4.79. The second kappa shape index (κ2) is 10.7. The summed E-state index contributed by atoms with van der Waals surface area (Å²) in [6.45, 7) is 6.60. The molecule has 1 N–H and O–H groups in total. The van der Waals surface area contributed by atoms with Gasteiger partial charge < -0.3 is 24.3 Å². The van der Waals surface area contributed by atoms with Crippen LogP contribution in [0.15, 0.2) is 23.1 Å². The van der Waals surface area contributed by atoms with Crippen LogP contribution in [0.4, 0.5) is 0 Å². The molecule has 0 unspecified atom stereocenters. The van der Waals surface area contributed by atoms with E-state index >= 15 is 0 Å². The second-order valence-electron chi connectivity index (χ2n) is 10.2. The molecule has 5 rings (SSSR count). The smallest absolute Gasteiger partial charge is 0.259 e. The van der Waals surface area contributed by atoms with Crippen molar-refractivity contribution in [2.75, 3.05) is 53.6 Å². The van der Waals surface area contributed by atoms with Crippen LogP contribution >= 0.6 is 0 Å². The highest BCUT2D eigenvalue weighted by atomic mass is 16.5. The number of carbonyl (C=O) groups excluding carboxylic acids is 1. The van der Waals surface area contributed by atoms with Gasteiger partial charge in [-0.25, -0.2) is 0 Å². The average Bonchev–Trinajstić information content (AvgIpc) is 3.55. The minimum Gasteiger partial charge on any atom is -0.385 e. The molecule has 0 bridgehead atoms. The summed E-state index contributed by atoms with van der Waals surface area (Å²) in [5.74, 6) is 0.0566. The van der Waals surface area contributed by atoms with Crippen molar-refractivity contribution in [2.24, 2.45) is 0 Å². The number of aromatic amines is 1. The summed E-state index contributed by atoms with van der Waals surface area (Å²) in [5, 5.41) is 6.03. The van der Waals surface area contributed by atoms with Crippen LogP contribution in [0.25, 0.3) is 21.8 Å². The van der Waals surface area contributed by atoms with E-state index in [1.54, 1.807) is 13.3 Å². The van der Waals surface area contributed by atoms with Crippen molar-refractivity contribution in [1.29, 1.82) is 0 Å². The number of ether oxygens (including phenoxy) is 2. The molecule has 1 atom stereocenters. The topological polar surface area (TPSA) is 92.7 Å². The molecule has 2 aliphatic rings. The SMILES string of the molecule is COCCCCN(C)[C@@H]1CCN(C(=O)c2cc3c(cc2C)[nH]c(=O)c2cnn(C4CCOCC4)c23)C1. The van der Waals surface area contributed by atoms with Gasteiger partial charge in [0.2, 0.25) is 0 Å². The Morgan fingerprint density at radius 1 is 1.22 bits per heavy atom. The number of hydrogen-bond donors (Lipinski definition) is 1. The first-order chi connectivity index (χ1) is 17.5. The van der Waals surface area contributed by atoms with Gasteiger partial charge in [0.1, 0.15) is 0 Å². The zero-order valence-electron chi connectivity index (χ0n) is 21.6. The number of nitrogens with zero attached hydrogens (tertiary/aromatic N) is 4. The number of rotatable bonds is 8. The van der Waals surface area contributed by atoms with E-state index in [2.05, 4.69) is 22.0 Å². The maximum absolute atomic E-state index is 13.7. The number of likely N-dealkylation sites (N-methyl/N-ethyl adjacent to an activating group) is 1. The van der Waals surface area contributed by atoms with E-state index in [-0.39, 0.29) is 17.5 Å². The normalized spacial score (nSPS) is 19.2. The monoisotopic (exact) mass is 495 g/mol. The molecule has 4 heterocycles. The minimum absolute atomic E-state index is 0.0566. The number of fused-ring (bicyclic) bond motifs is 3. The third-order valence-electron chi connectivity index (χ3n) is 7.86. The number of carbonyl (C=O) groups is 1. The molecule has 9 nitrogen and oxygen atoms in total. The molecule has 0 radical (unpaired) electrons.